The smallest absolute Gasteiger partial charge is 0.183 e. The molecule has 1 atom stereocenters. The van der Waals surface area contributed by atoms with E-state index in [9.17, 15) is 4.79 Å². The summed E-state index contributed by atoms with van der Waals surface area (Å²) in [6.07, 6.45) is 1.06. The molecule has 7 heteroatoms. The number of ether oxygens (including phenoxy) is 1. The fourth-order valence-electron chi connectivity index (χ4n) is 2.39. The lowest BCUT2D eigenvalue weighted by Gasteiger charge is -2.19. The zero-order valence-electron chi connectivity index (χ0n) is 13.9. The summed E-state index contributed by atoms with van der Waals surface area (Å²) in [4.78, 5) is 17.2. The van der Waals surface area contributed by atoms with Gasteiger partial charge in [-0.1, -0.05) is 35.3 Å². The summed E-state index contributed by atoms with van der Waals surface area (Å²) in [5.41, 5.74) is 1.41. The Balaban J connectivity index is 0.00000261. The molecule has 0 aliphatic heterocycles. The summed E-state index contributed by atoms with van der Waals surface area (Å²) in [5.74, 6) is 0.462. The van der Waals surface area contributed by atoms with Crippen LogP contribution in [0.2, 0.25) is 10.0 Å². The number of halogens is 4. The number of aromatic nitrogens is 1. The highest BCUT2D eigenvalue weighted by Gasteiger charge is 2.23. The maximum atomic E-state index is 12.9. The molecule has 140 valence electrons. The lowest BCUT2D eigenvalue weighted by Crippen LogP contribution is -2.21. The zero-order valence-corrected chi connectivity index (χ0v) is 17.9. The number of hydrogen-bond donors (Lipinski definition) is 0. The fraction of sp³-hybridized carbons (Fsp3) is 0.100. The van der Waals surface area contributed by atoms with E-state index in [0.29, 0.717) is 21.5 Å². The summed E-state index contributed by atoms with van der Waals surface area (Å²) >= 11 is 15.2. The second kappa shape index (κ2) is 10.1. The summed E-state index contributed by atoms with van der Waals surface area (Å²) in [6.45, 7) is 0. The Morgan fingerprint density at radius 2 is 1.56 bits per heavy atom. The second-order valence-electron chi connectivity index (χ2n) is 5.61. The predicted molar refractivity (Wildman–Crippen MR) is 114 cm³/mol. The molecule has 3 aromatic rings. The highest BCUT2D eigenvalue weighted by atomic mass is 79.9. The van der Waals surface area contributed by atoms with Gasteiger partial charge in [-0.25, -0.2) is 0 Å². The van der Waals surface area contributed by atoms with E-state index in [-0.39, 0.29) is 24.6 Å². The molecule has 0 spiro atoms. The van der Waals surface area contributed by atoms with Crippen LogP contribution in [0.3, 0.4) is 0 Å². The Morgan fingerprint density at radius 3 is 2.11 bits per heavy atom. The molecule has 2 aromatic carbocycles. The van der Waals surface area contributed by atoms with Gasteiger partial charge < -0.3 is 4.74 Å². The molecular weight excluding hydrogens is 472 g/mol. The van der Waals surface area contributed by atoms with Gasteiger partial charge >= 0.3 is 0 Å². The van der Waals surface area contributed by atoms with Gasteiger partial charge in [0.25, 0.3) is 0 Å². The maximum absolute atomic E-state index is 12.9. The average Bonchev–Trinajstić information content (AvgIpc) is 2.64. The normalized spacial score (nSPS) is 11.4. The van der Waals surface area contributed by atoms with E-state index in [1.807, 2.05) is 12.1 Å². The second-order valence-corrected chi connectivity index (χ2v) is 7.40. The topological polar surface area (TPSA) is 39.2 Å². The number of rotatable bonds is 6. The molecule has 1 aromatic heterocycles. The monoisotopic (exact) mass is 485 g/mol. The predicted octanol–water partition coefficient (Wildman–Crippen LogP) is 6.50. The minimum Gasteiger partial charge on any atom is -0.478 e. The Morgan fingerprint density at radius 1 is 0.963 bits per heavy atom. The Bertz CT molecular complexity index is 885. The van der Waals surface area contributed by atoms with Crippen molar-refractivity contribution in [3.8, 4) is 5.75 Å². The molecule has 0 aliphatic rings. The van der Waals surface area contributed by atoms with Crippen LogP contribution in [0.4, 0.5) is 0 Å². The fourth-order valence-corrected chi connectivity index (χ4v) is 2.88. The van der Waals surface area contributed by atoms with Crippen molar-refractivity contribution in [3.05, 3.63) is 92.6 Å². The lowest BCUT2D eigenvalue weighted by atomic mass is 10.0. The minimum atomic E-state index is -0.765. The van der Waals surface area contributed by atoms with Crippen molar-refractivity contribution in [2.45, 2.75) is 12.5 Å². The Kier molecular flexibility index (Phi) is 8.11. The lowest BCUT2D eigenvalue weighted by molar-refractivity contribution is -0.125. The van der Waals surface area contributed by atoms with Gasteiger partial charge in [-0.15, -0.1) is 12.4 Å². The van der Waals surface area contributed by atoms with Crippen molar-refractivity contribution in [2.24, 2.45) is 0 Å². The Hall–Kier alpha value is -1.59. The van der Waals surface area contributed by atoms with E-state index in [1.165, 1.54) is 0 Å². The average molecular weight is 488 g/mol. The molecule has 0 saturated carbocycles. The van der Waals surface area contributed by atoms with Crippen LogP contribution in [0.1, 0.15) is 17.4 Å². The van der Waals surface area contributed by atoms with Crippen molar-refractivity contribution in [3.63, 3.8) is 0 Å². The van der Waals surface area contributed by atoms with Crippen LogP contribution in [0.15, 0.2) is 71.3 Å². The third-order valence-electron chi connectivity index (χ3n) is 3.68. The maximum Gasteiger partial charge on any atom is 0.183 e. The molecule has 0 fully saturated rings. The molecule has 1 unspecified atom stereocenters. The molecule has 0 N–H and O–H groups in total. The molecule has 1 heterocycles. The van der Waals surface area contributed by atoms with E-state index in [0.717, 1.165) is 10.0 Å². The summed E-state index contributed by atoms with van der Waals surface area (Å²) in [5, 5.41) is 1.20. The van der Waals surface area contributed by atoms with Crippen LogP contribution < -0.4 is 4.74 Å². The molecule has 0 amide bonds. The number of carbonyl (C=O) groups excluding carboxylic acids is 1. The van der Waals surface area contributed by atoms with E-state index in [2.05, 4.69) is 20.9 Å². The highest BCUT2D eigenvalue weighted by Crippen LogP contribution is 2.26. The van der Waals surface area contributed by atoms with Gasteiger partial charge in [-0.3, -0.25) is 9.78 Å². The van der Waals surface area contributed by atoms with E-state index in [1.54, 1.807) is 54.7 Å². The van der Waals surface area contributed by atoms with Crippen molar-refractivity contribution >= 4 is 57.3 Å². The number of nitrogens with zero attached hydrogens (tertiary/aromatic N) is 1. The van der Waals surface area contributed by atoms with Crippen LogP contribution in [-0.4, -0.2) is 10.8 Å². The van der Waals surface area contributed by atoms with Crippen molar-refractivity contribution < 1.29 is 9.53 Å². The third-order valence-corrected chi connectivity index (χ3v) is 4.65. The minimum absolute atomic E-state index is 0. The van der Waals surface area contributed by atoms with Crippen molar-refractivity contribution in [1.29, 1.82) is 0 Å². The first-order valence-corrected chi connectivity index (χ1v) is 9.37. The van der Waals surface area contributed by atoms with Crippen LogP contribution in [0.5, 0.6) is 5.75 Å². The van der Waals surface area contributed by atoms with Crippen LogP contribution in [0, 0.1) is 0 Å². The number of benzene rings is 2. The van der Waals surface area contributed by atoms with E-state index >= 15 is 0 Å². The van der Waals surface area contributed by atoms with Gasteiger partial charge in [0.15, 0.2) is 11.9 Å². The van der Waals surface area contributed by atoms with Gasteiger partial charge in [0, 0.05) is 26.4 Å². The number of hydrogen-bond acceptors (Lipinski definition) is 3. The summed E-state index contributed by atoms with van der Waals surface area (Å²) < 4.78 is 6.83. The molecule has 0 bridgehead atoms. The third kappa shape index (κ3) is 6.22. The standard InChI is InChI=1S/C20H14BrCl2NO2.ClH/c21-14-3-8-17(24-12-14)11-19(25)20(13-1-4-15(22)5-2-13)26-18-9-6-16(23)7-10-18;/h1-10,12,20H,11H2;1H. The first-order valence-electron chi connectivity index (χ1n) is 7.82. The van der Waals surface area contributed by atoms with Gasteiger partial charge in [-0.2, -0.15) is 0 Å². The number of pyridine rings is 1. The molecule has 0 radical (unpaired) electrons. The summed E-state index contributed by atoms with van der Waals surface area (Å²) in [7, 11) is 0. The quantitative estimate of drug-likeness (QED) is 0.398. The van der Waals surface area contributed by atoms with Gasteiger partial charge in [0.1, 0.15) is 5.75 Å². The van der Waals surface area contributed by atoms with E-state index in [4.69, 9.17) is 27.9 Å². The zero-order chi connectivity index (χ0) is 18.5. The van der Waals surface area contributed by atoms with Crippen molar-refractivity contribution in [1.82, 2.24) is 4.98 Å². The van der Waals surface area contributed by atoms with Crippen LogP contribution in [0.25, 0.3) is 0 Å². The largest absolute Gasteiger partial charge is 0.478 e. The molecule has 27 heavy (non-hydrogen) atoms. The first-order chi connectivity index (χ1) is 12.5. The van der Waals surface area contributed by atoms with Gasteiger partial charge in [0.05, 0.1) is 6.42 Å². The molecule has 3 nitrogen and oxygen atoms in total. The van der Waals surface area contributed by atoms with Crippen molar-refractivity contribution in [2.75, 3.05) is 0 Å². The number of ketones is 1. The SMILES string of the molecule is Cl.O=C(Cc1ccc(Br)cn1)C(Oc1ccc(Cl)cc1)c1ccc(Cl)cc1. The summed E-state index contributed by atoms with van der Waals surface area (Å²) in [6, 6.07) is 17.6. The molecule has 0 aliphatic carbocycles. The first kappa shape index (κ1) is 21.7. The number of carbonyl (C=O) groups is 1. The van der Waals surface area contributed by atoms with Crippen LogP contribution >= 0.6 is 51.5 Å². The molecule has 3 rings (SSSR count). The molecule has 0 saturated heterocycles. The van der Waals surface area contributed by atoms with Crippen LogP contribution in [-0.2, 0) is 11.2 Å². The van der Waals surface area contributed by atoms with E-state index < -0.39 is 6.10 Å². The number of Topliss-reactive ketones (excluding diaryl/α,β-unsaturated/α-hetero) is 1. The molecular formula is C20H15BrCl3NO2. The Labute approximate surface area is 182 Å². The highest BCUT2D eigenvalue weighted by molar-refractivity contribution is 9.10. The van der Waals surface area contributed by atoms with Gasteiger partial charge in [0.2, 0.25) is 0 Å². The van der Waals surface area contributed by atoms with Gasteiger partial charge in [-0.05, 0) is 70.0 Å².